The van der Waals surface area contributed by atoms with Crippen molar-refractivity contribution in [2.24, 2.45) is 0 Å². The van der Waals surface area contributed by atoms with Gasteiger partial charge in [0.2, 0.25) is 0 Å². The van der Waals surface area contributed by atoms with Gasteiger partial charge in [-0.3, -0.25) is 9.52 Å². The van der Waals surface area contributed by atoms with Crippen LogP contribution in [0.2, 0.25) is 0 Å². The van der Waals surface area contributed by atoms with Gasteiger partial charge < -0.3 is 5.32 Å². The molecule has 0 aliphatic rings. The summed E-state index contributed by atoms with van der Waals surface area (Å²) in [4.78, 5) is 12.1. The molecule has 0 bridgehead atoms. The van der Waals surface area contributed by atoms with Crippen LogP contribution in [0.5, 0.6) is 0 Å². The topological polar surface area (TPSA) is 75.3 Å². The third-order valence-corrected chi connectivity index (χ3v) is 4.66. The van der Waals surface area contributed by atoms with Gasteiger partial charge in [-0.15, -0.1) is 0 Å². The van der Waals surface area contributed by atoms with Crippen molar-refractivity contribution in [1.82, 2.24) is 5.32 Å². The second kappa shape index (κ2) is 7.00. The molecule has 2 aromatic carbocycles. The number of halogens is 1. The molecular formula is C17H19FN2O3S. The molecule has 0 fully saturated rings. The first-order chi connectivity index (χ1) is 11.2. The number of rotatable bonds is 5. The van der Waals surface area contributed by atoms with Gasteiger partial charge in [0.05, 0.1) is 4.90 Å². The second-order valence-corrected chi connectivity index (χ2v) is 7.40. The summed E-state index contributed by atoms with van der Waals surface area (Å²) in [5, 5.41) is 2.74. The predicted molar refractivity (Wildman–Crippen MR) is 91.0 cm³/mol. The molecule has 128 valence electrons. The first-order valence-corrected chi connectivity index (χ1v) is 8.87. The van der Waals surface area contributed by atoms with Crippen LogP contribution in [0, 0.1) is 12.7 Å². The Morgan fingerprint density at radius 2 is 1.71 bits per heavy atom. The summed E-state index contributed by atoms with van der Waals surface area (Å²) in [6.45, 7) is 5.38. The number of anilines is 1. The molecule has 0 saturated heterocycles. The van der Waals surface area contributed by atoms with E-state index in [-0.39, 0.29) is 22.5 Å². The van der Waals surface area contributed by atoms with Gasteiger partial charge in [0, 0.05) is 17.3 Å². The molecule has 0 atom stereocenters. The average molecular weight is 350 g/mol. The van der Waals surface area contributed by atoms with Gasteiger partial charge >= 0.3 is 0 Å². The fraction of sp³-hybridized carbons (Fsp3) is 0.235. The average Bonchev–Trinajstić information content (AvgIpc) is 2.49. The number of carbonyl (C=O) groups is 1. The fourth-order valence-electron chi connectivity index (χ4n) is 2.08. The number of carbonyl (C=O) groups excluding carboxylic acids is 1. The lowest BCUT2D eigenvalue weighted by atomic mass is 10.1. The minimum atomic E-state index is -3.88. The molecule has 2 N–H and O–H groups in total. The van der Waals surface area contributed by atoms with Crippen molar-refractivity contribution < 1.29 is 17.6 Å². The standard InChI is InChI=1S/C17H19FN2O3S/c1-11(2)19-17(21)16-10-15(9-4-12(16)3)24(22,23)20-14-7-5-13(18)6-8-14/h4-11,20H,1-3H3,(H,19,21). The maximum absolute atomic E-state index is 12.9. The van der Waals surface area contributed by atoms with E-state index in [1.165, 1.54) is 24.3 Å². The van der Waals surface area contributed by atoms with Crippen LogP contribution in [-0.4, -0.2) is 20.4 Å². The van der Waals surface area contributed by atoms with Gasteiger partial charge in [0.1, 0.15) is 5.82 Å². The SMILES string of the molecule is Cc1ccc(S(=O)(=O)Nc2ccc(F)cc2)cc1C(=O)NC(C)C. The van der Waals surface area contributed by atoms with Crippen LogP contribution >= 0.6 is 0 Å². The molecule has 2 aromatic rings. The monoisotopic (exact) mass is 350 g/mol. The summed E-state index contributed by atoms with van der Waals surface area (Å²) in [6.07, 6.45) is 0. The number of amides is 1. The van der Waals surface area contributed by atoms with Gasteiger partial charge in [0.15, 0.2) is 0 Å². The van der Waals surface area contributed by atoms with Gasteiger partial charge in [-0.2, -0.15) is 0 Å². The molecule has 0 aliphatic carbocycles. The molecule has 2 rings (SSSR count). The highest BCUT2D eigenvalue weighted by Crippen LogP contribution is 2.19. The molecule has 0 radical (unpaired) electrons. The molecule has 0 aromatic heterocycles. The minimum Gasteiger partial charge on any atom is -0.350 e. The Morgan fingerprint density at radius 1 is 1.08 bits per heavy atom. The number of nitrogens with one attached hydrogen (secondary N) is 2. The van der Waals surface area contributed by atoms with E-state index in [0.717, 1.165) is 12.1 Å². The van der Waals surface area contributed by atoms with Gasteiger partial charge in [-0.1, -0.05) is 6.07 Å². The van der Waals surface area contributed by atoms with E-state index >= 15 is 0 Å². The smallest absolute Gasteiger partial charge is 0.261 e. The Balaban J connectivity index is 2.33. The number of benzene rings is 2. The van der Waals surface area contributed by atoms with E-state index in [1.807, 2.05) is 13.8 Å². The summed E-state index contributed by atoms with van der Waals surface area (Å²) < 4.78 is 40.2. The van der Waals surface area contributed by atoms with Gasteiger partial charge in [0.25, 0.3) is 15.9 Å². The lowest BCUT2D eigenvalue weighted by Crippen LogP contribution is -2.30. The number of sulfonamides is 1. The zero-order valence-electron chi connectivity index (χ0n) is 13.6. The zero-order valence-corrected chi connectivity index (χ0v) is 14.4. The van der Waals surface area contributed by atoms with Crippen molar-refractivity contribution in [3.05, 3.63) is 59.4 Å². The molecule has 7 heteroatoms. The summed E-state index contributed by atoms with van der Waals surface area (Å²) >= 11 is 0. The van der Waals surface area contributed by atoms with Crippen LogP contribution < -0.4 is 10.0 Å². The summed E-state index contributed by atoms with van der Waals surface area (Å²) in [7, 11) is -3.88. The highest BCUT2D eigenvalue weighted by Gasteiger charge is 2.18. The number of aryl methyl sites for hydroxylation is 1. The van der Waals surface area contributed by atoms with E-state index in [1.54, 1.807) is 13.0 Å². The van der Waals surface area contributed by atoms with Crippen LogP contribution in [-0.2, 0) is 10.0 Å². The van der Waals surface area contributed by atoms with Crippen LogP contribution in [0.15, 0.2) is 47.4 Å². The highest BCUT2D eigenvalue weighted by molar-refractivity contribution is 7.92. The summed E-state index contributed by atoms with van der Waals surface area (Å²) in [5.41, 5.74) is 1.21. The third-order valence-electron chi connectivity index (χ3n) is 3.28. The molecule has 0 heterocycles. The Kier molecular flexibility index (Phi) is 5.23. The quantitative estimate of drug-likeness (QED) is 0.870. The minimum absolute atomic E-state index is 0.0358. The van der Waals surface area contributed by atoms with Crippen LogP contribution in [0.3, 0.4) is 0 Å². The largest absolute Gasteiger partial charge is 0.350 e. The van der Waals surface area contributed by atoms with Crippen LogP contribution in [0.25, 0.3) is 0 Å². The van der Waals surface area contributed by atoms with E-state index in [9.17, 15) is 17.6 Å². The highest BCUT2D eigenvalue weighted by atomic mass is 32.2. The molecule has 0 unspecified atom stereocenters. The second-order valence-electron chi connectivity index (χ2n) is 5.72. The van der Waals surface area contributed by atoms with Crippen molar-refractivity contribution >= 4 is 21.6 Å². The van der Waals surface area contributed by atoms with Crippen LogP contribution in [0.4, 0.5) is 10.1 Å². The molecule has 1 amide bonds. The lowest BCUT2D eigenvalue weighted by Gasteiger charge is -2.13. The maximum Gasteiger partial charge on any atom is 0.261 e. The van der Waals surface area contributed by atoms with Crippen molar-refractivity contribution in [1.29, 1.82) is 0 Å². The molecule has 5 nitrogen and oxygen atoms in total. The first-order valence-electron chi connectivity index (χ1n) is 7.39. The first kappa shape index (κ1) is 17.9. The number of hydrogen-bond acceptors (Lipinski definition) is 3. The fourth-order valence-corrected chi connectivity index (χ4v) is 3.17. The van der Waals surface area contributed by atoms with Gasteiger partial charge in [-0.25, -0.2) is 12.8 Å². The lowest BCUT2D eigenvalue weighted by molar-refractivity contribution is 0.0942. The predicted octanol–water partition coefficient (Wildman–Crippen LogP) is 3.07. The number of hydrogen-bond donors (Lipinski definition) is 2. The van der Waals surface area contributed by atoms with E-state index in [2.05, 4.69) is 10.0 Å². The molecular weight excluding hydrogens is 331 g/mol. The van der Waals surface area contributed by atoms with Crippen molar-refractivity contribution in [3.8, 4) is 0 Å². The Morgan fingerprint density at radius 3 is 2.29 bits per heavy atom. The molecule has 24 heavy (non-hydrogen) atoms. The Hall–Kier alpha value is -2.41. The van der Waals surface area contributed by atoms with E-state index in [0.29, 0.717) is 11.1 Å². The van der Waals surface area contributed by atoms with Crippen molar-refractivity contribution in [3.63, 3.8) is 0 Å². The molecule has 0 saturated carbocycles. The summed E-state index contributed by atoms with van der Waals surface area (Å²) in [6, 6.07) is 9.25. The Labute approximate surface area is 141 Å². The maximum atomic E-state index is 12.9. The van der Waals surface area contributed by atoms with Crippen LogP contribution in [0.1, 0.15) is 29.8 Å². The zero-order chi connectivity index (χ0) is 17.9. The third kappa shape index (κ3) is 4.32. The van der Waals surface area contributed by atoms with Crippen molar-refractivity contribution in [2.45, 2.75) is 31.7 Å². The molecule has 0 aliphatic heterocycles. The van der Waals surface area contributed by atoms with Gasteiger partial charge in [-0.05, 0) is 62.7 Å². The summed E-state index contributed by atoms with van der Waals surface area (Å²) in [5.74, 6) is -0.790. The van der Waals surface area contributed by atoms with E-state index < -0.39 is 15.8 Å². The van der Waals surface area contributed by atoms with E-state index in [4.69, 9.17) is 0 Å². The van der Waals surface area contributed by atoms with Crippen molar-refractivity contribution in [2.75, 3.05) is 4.72 Å². The molecule has 0 spiro atoms. The normalized spacial score (nSPS) is 11.4. The Bertz CT molecular complexity index is 847.